The molecular formula is C24H20N2O3S. The molecule has 0 aliphatic carbocycles. The van der Waals surface area contributed by atoms with Gasteiger partial charge in [0.25, 0.3) is 5.91 Å². The van der Waals surface area contributed by atoms with E-state index >= 15 is 0 Å². The zero-order valence-corrected chi connectivity index (χ0v) is 17.4. The number of carbonyl (C=O) groups excluding carboxylic acids is 1. The summed E-state index contributed by atoms with van der Waals surface area (Å²) in [4.78, 5) is 19.6. The third kappa shape index (κ3) is 4.18. The molecule has 30 heavy (non-hydrogen) atoms. The van der Waals surface area contributed by atoms with Crippen molar-refractivity contribution < 1.29 is 14.3 Å². The monoisotopic (exact) mass is 416 g/mol. The standard InChI is InChI=1S/C24H20N2O3S/c1-28-19-9-5-7-17(15-19)13-14-23(27)26(18-8-6-10-20(16-18)29-2)24-25-21-11-3-4-12-22(21)30-24/h3-16H,1-2H3/b14-13+. The van der Waals surface area contributed by atoms with Crippen LogP contribution in [0.3, 0.4) is 0 Å². The Kier molecular flexibility index (Phi) is 5.77. The van der Waals surface area contributed by atoms with Crippen LogP contribution >= 0.6 is 11.3 Å². The number of anilines is 2. The number of ether oxygens (including phenoxy) is 2. The molecule has 0 saturated carbocycles. The average molecular weight is 417 g/mol. The summed E-state index contributed by atoms with van der Waals surface area (Å²) in [6.45, 7) is 0. The molecule has 0 bridgehead atoms. The first-order valence-electron chi connectivity index (χ1n) is 9.34. The van der Waals surface area contributed by atoms with Crippen LogP contribution < -0.4 is 14.4 Å². The van der Waals surface area contributed by atoms with E-state index in [4.69, 9.17) is 9.47 Å². The SMILES string of the molecule is COc1cccc(/C=C/C(=O)N(c2cccc(OC)c2)c2nc3ccccc3s2)c1. The van der Waals surface area contributed by atoms with Gasteiger partial charge >= 0.3 is 0 Å². The van der Waals surface area contributed by atoms with E-state index in [1.165, 1.54) is 11.3 Å². The van der Waals surface area contributed by atoms with Gasteiger partial charge in [0.05, 0.1) is 30.1 Å². The zero-order valence-electron chi connectivity index (χ0n) is 16.6. The van der Waals surface area contributed by atoms with E-state index in [9.17, 15) is 4.79 Å². The van der Waals surface area contributed by atoms with Crippen molar-refractivity contribution in [3.63, 3.8) is 0 Å². The molecule has 6 heteroatoms. The fourth-order valence-corrected chi connectivity index (χ4v) is 4.02. The molecule has 1 amide bonds. The van der Waals surface area contributed by atoms with Gasteiger partial charge in [-0.25, -0.2) is 4.98 Å². The number of fused-ring (bicyclic) bond motifs is 1. The number of thiazole rings is 1. The lowest BCUT2D eigenvalue weighted by molar-refractivity contribution is -0.113. The van der Waals surface area contributed by atoms with Gasteiger partial charge in [-0.2, -0.15) is 0 Å². The van der Waals surface area contributed by atoms with E-state index in [2.05, 4.69) is 4.98 Å². The molecule has 0 unspecified atom stereocenters. The molecule has 1 heterocycles. The van der Waals surface area contributed by atoms with Gasteiger partial charge in [-0.05, 0) is 48.0 Å². The van der Waals surface area contributed by atoms with Crippen LogP contribution in [0.1, 0.15) is 5.56 Å². The topological polar surface area (TPSA) is 51.7 Å². The van der Waals surface area contributed by atoms with Crippen molar-refractivity contribution in [2.45, 2.75) is 0 Å². The second-order valence-electron chi connectivity index (χ2n) is 6.45. The average Bonchev–Trinajstić information content (AvgIpc) is 3.21. The van der Waals surface area contributed by atoms with Crippen molar-refractivity contribution in [2.75, 3.05) is 19.1 Å². The minimum atomic E-state index is -0.204. The Balaban J connectivity index is 1.73. The Morgan fingerprint density at radius 1 is 0.933 bits per heavy atom. The molecule has 3 aromatic carbocycles. The molecule has 0 radical (unpaired) electrons. The summed E-state index contributed by atoms with van der Waals surface area (Å²) >= 11 is 1.47. The van der Waals surface area contributed by atoms with Crippen LogP contribution in [0.2, 0.25) is 0 Å². The highest BCUT2D eigenvalue weighted by Crippen LogP contribution is 2.35. The molecule has 0 spiro atoms. The molecule has 4 aromatic rings. The maximum Gasteiger partial charge on any atom is 0.257 e. The predicted octanol–water partition coefficient (Wildman–Crippen LogP) is 5.69. The first kappa shape index (κ1) is 19.7. The van der Waals surface area contributed by atoms with Crippen LogP contribution in [-0.4, -0.2) is 25.1 Å². The second kappa shape index (κ2) is 8.80. The van der Waals surface area contributed by atoms with Gasteiger partial charge in [0.2, 0.25) is 0 Å². The highest BCUT2D eigenvalue weighted by molar-refractivity contribution is 7.22. The summed E-state index contributed by atoms with van der Waals surface area (Å²) in [6, 6.07) is 22.8. The van der Waals surface area contributed by atoms with Gasteiger partial charge in [0, 0.05) is 12.1 Å². The fourth-order valence-electron chi connectivity index (χ4n) is 3.02. The lowest BCUT2D eigenvalue weighted by atomic mass is 10.2. The van der Waals surface area contributed by atoms with Gasteiger partial charge in [-0.1, -0.05) is 41.7 Å². The number of hydrogen-bond donors (Lipinski definition) is 0. The quantitative estimate of drug-likeness (QED) is 0.379. The minimum absolute atomic E-state index is 0.204. The van der Waals surface area contributed by atoms with Crippen LogP contribution in [0.5, 0.6) is 11.5 Å². The van der Waals surface area contributed by atoms with Gasteiger partial charge in [-0.3, -0.25) is 9.69 Å². The van der Waals surface area contributed by atoms with Crippen molar-refractivity contribution in [3.8, 4) is 11.5 Å². The van der Waals surface area contributed by atoms with Crippen LogP contribution in [-0.2, 0) is 4.79 Å². The number of methoxy groups -OCH3 is 2. The molecule has 5 nitrogen and oxygen atoms in total. The van der Waals surface area contributed by atoms with Crippen molar-refractivity contribution >= 4 is 44.4 Å². The Bertz CT molecular complexity index is 1180. The first-order chi connectivity index (χ1) is 14.7. The number of rotatable bonds is 6. The summed E-state index contributed by atoms with van der Waals surface area (Å²) in [7, 11) is 3.22. The van der Waals surface area contributed by atoms with Crippen molar-refractivity contribution in [2.24, 2.45) is 0 Å². The number of hydrogen-bond acceptors (Lipinski definition) is 5. The summed E-state index contributed by atoms with van der Waals surface area (Å²) in [5.74, 6) is 1.20. The number of amides is 1. The van der Waals surface area contributed by atoms with Crippen molar-refractivity contribution in [1.29, 1.82) is 0 Å². The van der Waals surface area contributed by atoms with Crippen LogP contribution in [0.15, 0.2) is 78.9 Å². The van der Waals surface area contributed by atoms with Gasteiger partial charge in [-0.15, -0.1) is 0 Å². The van der Waals surface area contributed by atoms with Crippen LogP contribution in [0.25, 0.3) is 16.3 Å². The normalized spacial score (nSPS) is 11.0. The Labute approximate surface area is 178 Å². The smallest absolute Gasteiger partial charge is 0.257 e. The molecular weight excluding hydrogens is 396 g/mol. The summed E-state index contributed by atoms with van der Waals surface area (Å²) in [5.41, 5.74) is 2.42. The number of nitrogens with zero attached hydrogens (tertiary/aromatic N) is 2. The summed E-state index contributed by atoms with van der Waals surface area (Å²) in [6.07, 6.45) is 3.31. The van der Waals surface area contributed by atoms with Crippen LogP contribution in [0, 0.1) is 0 Å². The lowest BCUT2D eigenvalue weighted by Crippen LogP contribution is -2.23. The highest BCUT2D eigenvalue weighted by Gasteiger charge is 2.20. The molecule has 0 aliphatic heterocycles. The van der Waals surface area contributed by atoms with Gasteiger partial charge in [0.1, 0.15) is 11.5 Å². The number of para-hydroxylation sites is 1. The summed E-state index contributed by atoms with van der Waals surface area (Å²) in [5, 5.41) is 0.602. The molecule has 4 rings (SSSR count). The number of benzene rings is 3. The molecule has 0 saturated heterocycles. The molecule has 0 fully saturated rings. The maximum atomic E-state index is 13.3. The zero-order chi connectivity index (χ0) is 20.9. The van der Waals surface area contributed by atoms with E-state index in [-0.39, 0.29) is 5.91 Å². The van der Waals surface area contributed by atoms with Gasteiger partial charge in [0.15, 0.2) is 5.13 Å². The van der Waals surface area contributed by atoms with Crippen molar-refractivity contribution in [3.05, 3.63) is 84.4 Å². The van der Waals surface area contributed by atoms with E-state index < -0.39 is 0 Å². The third-order valence-corrected chi connectivity index (χ3v) is 5.54. The van der Waals surface area contributed by atoms with E-state index in [0.717, 1.165) is 21.5 Å². The Morgan fingerprint density at radius 2 is 1.67 bits per heavy atom. The molecule has 1 aromatic heterocycles. The second-order valence-corrected chi connectivity index (χ2v) is 7.46. The first-order valence-corrected chi connectivity index (χ1v) is 10.2. The van der Waals surface area contributed by atoms with Crippen LogP contribution in [0.4, 0.5) is 10.8 Å². The molecule has 150 valence electrons. The van der Waals surface area contributed by atoms with Gasteiger partial charge < -0.3 is 9.47 Å². The number of carbonyl (C=O) groups is 1. The number of aromatic nitrogens is 1. The Morgan fingerprint density at radius 3 is 2.43 bits per heavy atom. The van der Waals surface area contributed by atoms with E-state index in [0.29, 0.717) is 16.6 Å². The fraction of sp³-hybridized carbons (Fsp3) is 0.0833. The molecule has 0 aliphatic rings. The molecule has 0 atom stereocenters. The van der Waals surface area contributed by atoms with E-state index in [1.54, 1.807) is 31.3 Å². The largest absolute Gasteiger partial charge is 0.497 e. The van der Waals surface area contributed by atoms with E-state index in [1.807, 2.05) is 72.8 Å². The molecule has 0 N–H and O–H groups in total. The van der Waals surface area contributed by atoms with Crippen molar-refractivity contribution in [1.82, 2.24) is 4.98 Å². The lowest BCUT2D eigenvalue weighted by Gasteiger charge is -2.19. The Hall–Kier alpha value is -3.64. The highest BCUT2D eigenvalue weighted by atomic mass is 32.1. The maximum absolute atomic E-state index is 13.3. The third-order valence-electron chi connectivity index (χ3n) is 4.52. The minimum Gasteiger partial charge on any atom is -0.497 e. The summed E-state index contributed by atoms with van der Waals surface area (Å²) < 4.78 is 11.6. The predicted molar refractivity (Wildman–Crippen MR) is 122 cm³/mol.